The van der Waals surface area contributed by atoms with Crippen LogP contribution in [0.1, 0.15) is 5.56 Å². The predicted octanol–water partition coefficient (Wildman–Crippen LogP) is 2.52. The summed E-state index contributed by atoms with van der Waals surface area (Å²) in [6.45, 7) is 0.317. The lowest BCUT2D eigenvalue weighted by molar-refractivity contribution is -0.136. The van der Waals surface area contributed by atoms with Crippen LogP contribution in [-0.4, -0.2) is 35.4 Å². The number of rotatable bonds is 5. The fourth-order valence-corrected chi connectivity index (χ4v) is 2.71. The molecule has 1 aromatic carbocycles. The van der Waals surface area contributed by atoms with Gasteiger partial charge >= 0.3 is 11.8 Å². The molecule has 0 fully saturated rings. The summed E-state index contributed by atoms with van der Waals surface area (Å²) < 4.78 is 5.23. The number of carbonyl (C=O) groups is 2. The van der Waals surface area contributed by atoms with Crippen molar-refractivity contribution >= 4 is 40.0 Å². The van der Waals surface area contributed by atoms with Crippen molar-refractivity contribution in [3.05, 3.63) is 53.4 Å². The van der Waals surface area contributed by atoms with Crippen LogP contribution in [0.2, 0.25) is 5.15 Å². The van der Waals surface area contributed by atoms with Gasteiger partial charge in [0, 0.05) is 29.8 Å². The highest BCUT2D eigenvalue weighted by molar-refractivity contribution is 6.41. The highest BCUT2D eigenvalue weighted by Gasteiger charge is 2.15. The van der Waals surface area contributed by atoms with Crippen LogP contribution in [0.25, 0.3) is 10.9 Å². The number of nitrogens with zero attached hydrogens (tertiary/aromatic N) is 1. The van der Waals surface area contributed by atoms with E-state index in [1.165, 1.54) is 6.20 Å². The van der Waals surface area contributed by atoms with E-state index in [-0.39, 0.29) is 10.8 Å². The Balaban J connectivity index is 1.57. The molecule has 0 bridgehead atoms. The normalized spacial score (nSPS) is 10.5. The van der Waals surface area contributed by atoms with Crippen LogP contribution in [0.15, 0.2) is 42.7 Å². The van der Waals surface area contributed by atoms with Crippen LogP contribution in [0.4, 0.5) is 5.69 Å². The van der Waals surface area contributed by atoms with Crippen molar-refractivity contribution in [2.75, 3.05) is 19.0 Å². The van der Waals surface area contributed by atoms with Crippen molar-refractivity contribution in [1.29, 1.82) is 0 Å². The molecule has 3 aromatic rings. The van der Waals surface area contributed by atoms with E-state index >= 15 is 0 Å². The van der Waals surface area contributed by atoms with E-state index in [0.717, 1.165) is 22.2 Å². The number of hydrogen-bond acceptors (Lipinski definition) is 4. The van der Waals surface area contributed by atoms with Crippen LogP contribution >= 0.6 is 11.6 Å². The topological polar surface area (TPSA) is 96.1 Å². The standard InChI is InChI=1S/C18H17ClN4O3/c1-26-12-4-5-14-13(9-12)11(10-22-14)6-8-21-17(24)18(25)23-15-3-2-7-20-16(15)19/h2-5,7,9-10,22H,6,8H2,1H3,(H,21,24)(H,23,25). The van der Waals surface area contributed by atoms with Gasteiger partial charge in [-0.05, 0) is 42.3 Å². The minimum Gasteiger partial charge on any atom is -0.497 e. The monoisotopic (exact) mass is 372 g/mol. The van der Waals surface area contributed by atoms with Crippen LogP contribution in [0.3, 0.4) is 0 Å². The molecule has 3 N–H and O–H groups in total. The number of aromatic amines is 1. The Labute approximate surface area is 154 Å². The zero-order valence-corrected chi connectivity index (χ0v) is 14.8. The molecule has 0 saturated carbocycles. The highest BCUT2D eigenvalue weighted by Crippen LogP contribution is 2.23. The first kappa shape index (κ1) is 17.8. The maximum atomic E-state index is 11.9. The van der Waals surface area contributed by atoms with Crippen molar-refractivity contribution in [3.63, 3.8) is 0 Å². The molecule has 134 valence electrons. The summed E-state index contributed by atoms with van der Waals surface area (Å²) in [5, 5.41) is 6.17. The maximum absolute atomic E-state index is 11.9. The number of aromatic nitrogens is 2. The minimum atomic E-state index is -0.791. The average molecular weight is 373 g/mol. The van der Waals surface area contributed by atoms with Gasteiger partial charge in [-0.2, -0.15) is 0 Å². The third kappa shape index (κ3) is 3.94. The van der Waals surface area contributed by atoms with E-state index in [0.29, 0.717) is 13.0 Å². The molecule has 0 aliphatic heterocycles. The summed E-state index contributed by atoms with van der Waals surface area (Å²) in [6, 6.07) is 8.92. The summed E-state index contributed by atoms with van der Waals surface area (Å²) in [7, 11) is 1.61. The number of methoxy groups -OCH3 is 1. The molecule has 0 atom stereocenters. The van der Waals surface area contributed by atoms with Crippen LogP contribution in [-0.2, 0) is 16.0 Å². The molecule has 2 heterocycles. The number of amides is 2. The second kappa shape index (κ2) is 7.88. The Kier molecular flexibility index (Phi) is 5.38. The lowest BCUT2D eigenvalue weighted by atomic mass is 10.1. The van der Waals surface area contributed by atoms with Crippen molar-refractivity contribution in [3.8, 4) is 5.75 Å². The van der Waals surface area contributed by atoms with Crippen LogP contribution in [0, 0.1) is 0 Å². The molecule has 0 unspecified atom stereocenters. The van der Waals surface area contributed by atoms with Crippen molar-refractivity contribution in [2.24, 2.45) is 0 Å². The lowest BCUT2D eigenvalue weighted by Gasteiger charge is -2.07. The van der Waals surface area contributed by atoms with Gasteiger partial charge in [0.15, 0.2) is 5.15 Å². The summed E-state index contributed by atoms with van der Waals surface area (Å²) in [5.74, 6) is -0.766. The molecule has 3 rings (SSSR count). The molecule has 0 spiro atoms. The van der Waals surface area contributed by atoms with Gasteiger partial charge in [-0.1, -0.05) is 11.6 Å². The highest BCUT2D eigenvalue weighted by atomic mass is 35.5. The van der Waals surface area contributed by atoms with Gasteiger partial charge in [0.1, 0.15) is 5.75 Å². The smallest absolute Gasteiger partial charge is 0.313 e. The molecular formula is C18H17ClN4O3. The quantitative estimate of drug-likeness (QED) is 0.473. The summed E-state index contributed by atoms with van der Waals surface area (Å²) >= 11 is 5.85. The third-order valence-electron chi connectivity index (χ3n) is 3.87. The second-order valence-corrected chi connectivity index (χ2v) is 5.89. The Morgan fingerprint density at radius 1 is 1.27 bits per heavy atom. The molecule has 0 radical (unpaired) electrons. The van der Waals surface area contributed by atoms with E-state index in [2.05, 4.69) is 20.6 Å². The molecule has 26 heavy (non-hydrogen) atoms. The first-order chi connectivity index (χ1) is 12.6. The molecule has 2 amide bonds. The number of fused-ring (bicyclic) bond motifs is 1. The Hall–Kier alpha value is -3.06. The molecule has 2 aromatic heterocycles. The first-order valence-corrected chi connectivity index (χ1v) is 8.30. The number of pyridine rings is 1. The Bertz CT molecular complexity index is 955. The fourth-order valence-electron chi connectivity index (χ4n) is 2.54. The van der Waals surface area contributed by atoms with E-state index in [1.807, 2.05) is 24.4 Å². The van der Waals surface area contributed by atoms with Gasteiger partial charge in [-0.25, -0.2) is 4.98 Å². The summed E-state index contributed by atoms with van der Waals surface area (Å²) in [5.41, 5.74) is 2.30. The summed E-state index contributed by atoms with van der Waals surface area (Å²) in [6.07, 6.45) is 3.94. The van der Waals surface area contributed by atoms with Gasteiger partial charge in [0.25, 0.3) is 0 Å². The van der Waals surface area contributed by atoms with Gasteiger partial charge < -0.3 is 20.4 Å². The number of carbonyl (C=O) groups excluding carboxylic acids is 2. The van der Waals surface area contributed by atoms with Gasteiger partial charge in [-0.15, -0.1) is 0 Å². The van der Waals surface area contributed by atoms with Crippen molar-refractivity contribution in [2.45, 2.75) is 6.42 Å². The molecule has 8 heteroatoms. The molecule has 0 saturated heterocycles. The van der Waals surface area contributed by atoms with E-state index in [1.54, 1.807) is 19.2 Å². The number of halogens is 1. The van der Waals surface area contributed by atoms with Gasteiger partial charge in [0.2, 0.25) is 0 Å². The fraction of sp³-hybridized carbons (Fsp3) is 0.167. The van der Waals surface area contributed by atoms with Crippen LogP contribution in [0.5, 0.6) is 5.75 Å². The third-order valence-corrected chi connectivity index (χ3v) is 4.17. The lowest BCUT2D eigenvalue weighted by Crippen LogP contribution is -2.36. The van der Waals surface area contributed by atoms with Crippen LogP contribution < -0.4 is 15.4 Å². The molecule has 0 aliphatic carbocycles. The summed E-state index contributed by atoms with van der Waals surface area (Å²) in [4.78, 5) is 30.9. The van der Waals surface area contributed by atoms with Gasteiger partial charge in [0.05, 0.1) is 12.8 Å². The average Bonchev–Trinajstić information content (AvgIpc) is 3.05. The number of benzene rings is 1. The number of nitrogens with one attached hydrogen (secondary N) is 3. The zero-order chi connectivity index (χ0) is 18.5. The number of ether oxygens (including phenoxy) is 1. The second-order valence-electron chi connectivity index (χ2n) is 5.53. The predicted molar refractivity (Wildman–Crippen MR) is 99.4 cm³/mol. The Morgan fingerprint density at radius 2 is 2.12 bits per heavy atom. The SMILES string of the molecule is COc1ccc2[nH]cc(CCNC(=O)C(=O)Nc3cccnc3Cl)c2c1. The number of H-pyrrole nitrogens is 1. The van der Waals surface area contributed by atoms with E-state index < -0.39 is 11.8 Å². The zero-order valence-electron chi connectivity index (χ0n) is 14.0. The maximum Gasteiger partial charge on any atom is 0.313 e. The molecular weight excluding hydrogens is 356 g/mol. The molecule has 7 nitrogen and oxygen atoms in total. The first-order valence-electron chi connectivity index (χ1n) is 7.92. The van der Waals surface area contributed by atoms with Crippen molar-refractivity contribution < 1.29 is 14.3 Å². The largest absolute Gasteiger partial charge is 0.497 e. The number of anilines is 1. The van der Waals surface area contributed by atoms with Crippen molar-refractivity contribution in [1.82, 2.24) is 15.3 Å². The van der Waals surface area contributed by atoms with E-state index in [4.69, 9.17) is 16.3 Å². The van der Waals surface area contributed by atoms with E-state index in [9.17, 15) is 9.59 Å². The Morgan fingerprint density at radius 3 is 2.88 bits per heavy atom. The number of hydrogen-bond donors (Lipinski definition) is 3. The van der Waals surface area contributed by atoms with Gasteiger partial charge in [-0.3, -0.25) is 9.59 Å². The minimum absolute atomic E-state index is 0.126. The molecule has 0 aliphatic rings.